The number of aliphatic hydroxyl groups is 1. The van der Waals surface area contributed by atoms with Crippen molar-refractivity contribution in [3.05, 3.63) is 62.5 Å². The van der Waals surface area contributed by atoms with E-state index in [9.17, 15) is 5.11 Å². The topological polar surface area (TPSA) is 33.1 Å². The normalized spacial score (nSPS) is 12.5. The van der Waals surface area contributed by atoms with Gasteiger partial charge in [-0.1, -0.05) is 24.3 Å². The molecule has 0 radical (unpaired) electrons. The lowest BCUT2D eigenvalue weighted by Gasteiger charge is -2.14. The second kappa shape index (κ2) is 5.14. The Morgan fingerprint density at radius 1 is 1.24 bits per heavy atom. The fourth-order valence-electron chi connectivity index (χ4n) is 1.79. The summed E-state index contributed by atoms with van der Waals surface area (Å²) in [5.74, 6) is 0. The Labute approximate surface area is 115 Å². The third-order valence-electron chi connectivity index (χ3n) is 2.73. The number of hydrogen-bond acceptors (Lipinski definition) is 2. The van der Waals surface area contributed by atoms with Gasteiger partial charge in [0.25, 0.3) is 0 Å². The summed E-state index contributed by atoms with van der Waals surface area (Å²) in [6, 6.07) is 7.95. The average Bonchev–Trinajstić information content (AvgIpc) is 2.32. The monoisotopic (exact) mass is 339 g/mol. The van der Waals surface area contributed by atoms with E-state index in [-0.39, 0.29) is 0 Å². The van der Waals surface area contributed by atoms with Crippen LogP contribution in [0.4, 0.5) is 0 Å². The fraction of sp³-hybridized carbons (Fsp3) is 0.214. The molecule has 2 rings (SSSR count). The van der Waals surface area contributed by atoms with Gasteiger partial charge in [-0.15, -0.1) is 0 Å². The van der Waals surface area contributed by atoms with Crippen LogP contribution in [0.25, 0.3) is 0 Å². The lowest BCUT2D eigenvalue weighted by atomic mass is 10.0. The summed E-state index contributed by atoms with van der Waals surface area (Å²) in [6.45, 7) is 4.02. The molecule has 1 atom stereocenters. The molecule has 1 aromatic heterocycles. The first-order chi connectivity index (χ1) is 8.09. The zero-order chi connectivity index (χ0) is 12.4. The molecule has 1 heterocycles. The van der Waals surface area contributed by atoms with E-state index >= 15 is 0 Å². The van der Waals surface area contributed by atoms with Gasteiger partial charge in [0.2, 0.25) is 0 Å². The molecule has 2 nitrogen and oxygen atoms in total. The minimum Gasteiger partial charge on any atom is -0.384 e. The van der Waals surface area contributed by atoms with Crippen LogP contribution in [0.2, 0.25) is 0 Å². The van der Waals surface area contributed by atoms with Crippen LogP contribution in [0.3, 0.4) is 0 Å². The van der Waals surface area contributed by atoms with Crippen molar-refractivity contribution in [1.29, 1.82) is 0 Å². The minimum atomic E-state index is -0.603. The zero-order valence-corrected chi connectivity index (χ0v) is 12.0. The van der Waals surface area contributed by atoms with E-state index < -0.39 is 6.10 Å². The summed E-state index contributed by atoms with van der Waals surface area (Å²) >= 11 is 2.28. The van der Waals surface area contributed by atoms with Gasteiger partial charge in [-0.25, -0.2) is 0 Å². The number of aliphatic hydroxyl groups excluding tert-OH is 1. The molecule has 0 saturated carbocycles. The van der Waals surface area contributed by atoms with E-state index in [1.807, 2.05) is 38.1 Å². The van der Waals surface area contributed by atoms with Gasteiger partial charge in [-0.05, 0) is 53.1 Å². The maximum atomic E-state index is 10.4. The number of pyridine rings is 1. The lowest BCUT2D eigenvalue weighted by molar-refractivity contribution is 0.219. The van der Waals surface area contributed by atoms with E-state index in [0.717, 1.165) is 20.3 Å². The Morgan fingerprint density at radius 2 is 2.00 bits per heavy atom. The Morgan fingerprint density at radius 3 is 2.71 bits per heavy atom. The first kappa shape index (κ1) is 12.5. The SMILES string of the molecule is Cc1cncc(C(O)c2cccc(C)c2I)c1. The van der Waals surface area contributed by atoms with E-state index in [2.05, 4.69) is 27.6 Å². The number of hydrogen-bond donors (Lipinski definition) is 1. The smallest absolute Gasteiger partial charge is 0.107 e. The highest BCUT2D eigenvalue weighted by atomic mass is 127. The second-order valence-electron chi connectivity index (χ2n) is 4.18. The maximum Gasteiger partial charge on any atom is 0.107 e. The predicted molar refractivity (Wildman–Crippen MR) is 76.9 cm³/mol. The van der Waals surface area contributed by atoms with Gasteiger partial charge in [0, 0.05) is 21.5 Å². The first-order valence-electron chi connectivity index (χ1n) is 5.44. The van der Waals surface area contributed by atoms with Crippen LogP contribution in [0.5, 0.6) is 0 Å². The van der Waals surface area contributed by atoms with Gasteiger partial charge in [-0.3, -0.25) is 4.98 Å². The van der Waals surface area contributed by atoms with Gasteiger partial charge in [-0.2, -0.15) is 0 Å². The Hall–Kier alpha value is -0.940. The van der Waals surface area contributed by atoms with Gasteiger partial charge < -0.3 is 5.11 Å². The summed E-state index contributed by atoms with van der Waals surface area (Å²) < 4.78 is 1.11. The van der Waals surface area contributed by atoms with Crippen LogP contribution in [0.1, 0.15) is 28.4 Å². The first-order valence-corrected chi connectivity index (χ1v) is 6.52. The summed E-state index contributed by atoms with van der Waals surface area (Å²) in [5.41, 5.74) is 4.03. The number of nitrogens with zero attached hydrogens (tertiary/aromatic N) is 1. The number of aromatic nitrogens is 1. The highest BCUT2D eigenvalue weighted by molar-refractivity contribution is 14.1. The quantitative estimate of drug-likeness (QED) is 0.851. The molecule has 3 heteroatoms. The van der Waals surface area contributed by atoms with E-state index in [1.54, 1.807) is 12.4 Å². The molecule has 17 heavy (non-hydrogen) atoms. The molecule has 0 aliphatic heterocycles. The average molecular weight is 339 g/mol. The fourth-order valence-corrected chi connectivity index (χ4v) is 2.44. The van der Waals surface area contributed by atoms with Crippen molar-refractivity contribution in [3.63, 3.8) is 0 Å². The lowest BCUT2D eigenvalue weighted by Crippen LogP contribution is -2.03. The summed E-state index contributed by atoms with van der Waals surface area (Å²) in [6.07, 6.45) is 2.90. The van der Waals surface area contributed by atoms with Crippen LogP contribution in [-0.2, 0) is 0 Å². The highest BCUT2D eigenvalue weighted by Crippen LogP contribution is 2.27. The van der Waals surface area contributed by atoms with Crippen LogP contribution >= 0.6 is 22.6 Å². The minimum absolute atomic E-state index is 0.603. The second-order valence-corrected chi connectivity index (χ2v) is 5.26. The molecule has 1 unspecified atom stereocenters. The Kier molecular flexibility index (Phi) is 3.79. The molecule has 1 aromatic carbocycles. The van der Waals surface area contributed by atoms with Crippen molar-refractivity contribution >= 4 is 22.6 Å². The van der Waals surface area contributed by atoms with Gasteiger partial charge >= 0.3 is 0 Å². The molecule has 1 N–H and O–H groups in total. The van der Waals surface area contributed by atoms with E-state index in [1.165, 1.54) is 5.56 Å². The van der Waals surface area contributed by atoms with Crippen molar-refractivity contribution in [2.75, 3.05) is 0 Å². The summed E-state index contributed by atoms with van der Waals surface area (Å²) in [4.78, 5) is 4.12. The molecule has 0 aliphatic rings. The molecular formula is C14H14INO. The van der Waals surface area contributed by atoms with Crippen LogP contribution in [0, 0.1) is 17.4 Å². The molecule has 0 aliphatic carbocycles. The molecular weight excluding hydrogens is 325 g/mol. The van der Waals surface area contributed by atoms with Crippen molar-refractivity contribution in [1.82, 2.24) is 4.98 Å². The highest BCUT2D eigenvalue weighted by Gasteiger charge is 2.14. The molecule has 0 spiro atoms. The Balaban J connectivity index is 2.44. The van der Waals surface area contributed by atoms with Gasteiger partial charge in [0.05, 0.1) is 0 Å². The largest absolute Gasteiger partial charge is 0.384 e. The van der Waals surface area contributed by atoms with Gasteiger partial charge in [0.15, 0.2) is 0 Å². The van der Waals surface area contributed by atoms with Crippen molar-refractivity contribution < 1.29 is 5.11 Å². The molecule has 88 valence electrons. The Bertz CT molecular complexity index is 539. The predicted octanol–water partition coefficient (Wildman–Crippen LogP) is 3.38. The van der Waals surface area contributed by atoms with Crippen LogP contribution in [-0.4, -0.2) is 10.1 Å². The van der Waals surface area contributed by atoms with Crippen molar-refractivity contribution in [3.8, 4) is 0 Å². The zero-order valence-electron chi connectivity index (χ0n) is 9.81. The summed E-state index contributed by atoms with van der Waals surface area (Å²) in [5, 5.41) is 10.4. The number of rotatable bonds is 2. The van der Waals surface area contributed by atoms with Crippen LogP contribution < -0.4 is 0 Å². The molecule has 0 bridgehead atoms. The molecule has 0 saturated heterocycles. The number of aryl methyl sites for hydroxylation is 2. The standard InChI is InChI=1S/C14H14INO/c1-9-6-11(8-16-7-9)14(17)12-5-3-4-10(2)13(12)15/h3-8,14,17H,1-2H3. The van der Waals surface area contributed by atoms with Crippen molar-refractivity contribution in [2.24, 2.45) is 0 Å². The molecule has 2 aromatic rings. The summed E-state index contributed by atoms with van der Waals surface area (Å²) in [7, 11) is 0. The third-order valence-corrected chi connectivity index (χ3v) is 4.20. The third kappa shape index (κ3) is 2.66. The molecule has 0 fully saturated rings. The van der Waals surface area contributed by atoms with Crippen LogP contribution in [0.15, 0.2) is 36.7 Å². The van der Waals surface area contributed by atoms with Crippen molar-refractivity contribution in [2.45, 2.75) is 20.0 Å². The number of benzene rings is 1. The number of halogens is 1. The molecule has 0 amide bonds. The van der Waals surface area contributed by atoms with E-state index in [0.29, 0.717) is 0 Å². The van der Waals surface area contributed by atoms with Gasteiger partial charge in [0.1, 0.15) is 6.10 Å². The maximum absolute atomic E-state index is 10.4. The van der Waals surface area contributed by atoms with E-state index in [4.69, 9.17) is 0 Å².